The molecule has 0 bridgehead atoms. The summed E-state index contributed by atoms with van der Waals surface area (Å²) in [5.74, 6) is 0.216. The van der Waals surface area contributed by atoms with Gasteiger partial charge >= 0.3 is 5.97 Å². The first-order valence-electron chi connectivity index (χ1n) is 6.02. The normalized spacial score (nSPS) is 10.2. The second kappa shape index (κ2) is 6.16. The topological polar surface area (TPSA) is 68.7 Å². The largest absolute Gasteiger partial charge is 0.497 e. The van der Waals surface area contributed by atoms with Crippen molar-refractivity contribution in [3.8, 4) is 16.9 Å². The quantitative estimate of drug-likeness (QED) is 0.863. The van der Waals surface area contributed by atoms with Gasteiger partial charge in [-0.05, 0) is 35.4 Å². The molecule has 0 atom stereocenters. The molecule has 0 saturated carbocycles. The number of nitrogens with zero attached hydrogens (tertiary/aromatic N) is 1. The highest BCUT2D eigenvalue weighted by Crippen LogP contribution is 2.24. The highest BCUT2D eigenvalue weighted by molar-refractivity contribution is 5.89. The van der Waals surface area contributed by atoms with Crippen LogP contribution in [-0.2, 0) is 11.3 Å². The molecule has 0 spiro atoms. The van der Waals surface area contributed by atoms with Gasteiger partial charge in [0.05, 0.1) is 26.5 Å². The summed E-state index contributed by atoms with van der Waals surface area (Å²) >= 11 is 0. The highest BCUT2D eigenvalue weighted by Gasteiger charge is 2.11. The molecular formula is C15H15NO4. The predicted octanol–water partition coefficient (Wildman–Crippen LogP) is 2.04. The van der Waals surface area contributed by atoms with E-state index in [1.54, 1.807) is 19.2 Å². The van der Waals surface area contributed by atoms with E-state index in [-0.39, 0.29) is 12.3 Å². The molecule has 2 rings (SSSR count). The Kier molecular flexibility index (Phi) is 4.32. The van der Waals surface area contributed by atoms with Crippen molar-refractivity contribution in [2.45, 2.75) is 6.61 Å². The standard InChI is InChI=1S/C15H15NO4/c1-19-13-5-3-10(4-6-13)11-7-12(9-17)16-14(8-11)15(18)20-2/h3-8,17H,9H2,1-2H3. The van der Waals surface area contributed by atoms with Gasteiger partial charge in [-0.15, -0.1) is 0 Å². The number of hydrogen-bond donors (Lipinski definition) is 1. The van der Waals surface area contributed by atoms with E-state index in [2.05, 4.69) is 9.72 Å². The Morgan fingerprint density at radius 3 is 2.40 bits per heavy atom. The lowest BCUT2D eigenvalue weighted by Crippen LogP contribution is -2.06. The zero-order valence-corrected chi connectivity index (χ0v) is 11.3. The molecule has 1 aromatic carbocycles. The number of ether oxygens (including phenoxy) is 2. The average molecular weight is 273 g/mol. The van der Waals surface area contributed by atoms with Crippen LogP contribution in [0.25, 0.3) is 11.1 Å². The first-order valence-corrected chi connectivity index (χ1v) is 6.02. The Morgan fingerprint density at radius 1 is 1.15 bits per heavy atom. The van der Waals surface area contributed by atoms with Crippen molar-refractivity contribution in [3.05, 3.63) is 47.8 Å². The van der Waals surface area contributed by atoms with E-state index in [0.29, 0.717) is 5.69 Å². The van der Waals surface area contributed by atoms with Crippen molar-refractivity contribution >= 4 is 5.97 Å². The molecular weight excluding hydrogens is 258 g/mol. The molecule has 0 saturated heterocycles. The first kappa shape index (κ1) is 14.0. The lowest BCUT2D eigenvalue weighted by molar-refractivity contribution is 0.0593. The Labute approximate surface area is 116 Å². The van der Waals surface area contributed by atoms with Crippen molar-refractivity contribution in [1.82, 2.24) is 4.98 Å². The van der Waals surface area contributed by atoms with E-state index in [1.807, 2.05) is 24.3 Å². The van der Waals surface area contributed by atoms with Crippen LogP contribution in [0, 0.1) is 0 Å². The molecule has 1 N–H and O–H groups in total. The molecule has 1 aromatic heterocycles. The van der Waals surface area contributed by atoms with Gasteiger partial charge in [0.2, 0.25) is 0 Å². The van der Waals surface area contributed by atoms with Crippen LogP contribution in [0.3, 0.4) is 0 Å². The lowest BCUT2D eigenvalue weighted by Gasteiger charge is -2.08. The second-order valence-corrected chi connectivity index (χ2v) is 4.11. The summed E-state index contributed by atoms with van der Waals surface area (Å²) in [6.07, 6.45) is 0. The number of methoxy groups -OCH3 is 2. The Morgan fingerprint density at radius 2 is 1.85 bits per heavy atom. The third-order valence-electron chi connectivity index (χ3n) is 2.86. The summed E-state index contributed by atoms with van der Waals surface area (Å²) < 4.78 is 9.76. The van der Waals surface area contributed by atoms with E-state index in [0.717, 1.165) is 16.9 Å². The molecule has 0 aliphatic carbocycles. The molecule has 1 heterocycles. The van der Waals surface area contributed by atoms with Crippen LogP contribution in [0.4, 0.5) is 0 Å². The van der Waals surface area contributed by atoms with Crippen molar-refractivity contribution in [1.29, 1.82) is 0 Å². The van der Waals surface area contributed by atoms with Gasteiger partial charge in [-0.25, -0.2) is 9.78 Å². The zero-order chi connectivity index (χ0) is 14.5. The van der Waals surface area contributed by atoms with E-state index < -0.39 is 5.97 Å². The zero-order valence-electron chi connectivity index (χ0n) is 11.3. The monoisotopic (exact) mass is 273 g/mol. The molecule has 104 valence electrons. The Bertz CT molecular complexity index is 608. The van der Waals surface area contributed by atoms with Gasteiger partial charge in [-0.3, -0.25) is 0 Å². The molecule has 0 radical (unpaired) electrons. The van der Waals surface area contributed by atoms with Crippen molar-refractivity contribution < 1.29 is 19.4 Å². The fraction of sp³-hybridized carbons (Fsp3) is 0.200. The van der Waals surface area contributed by atoms with Crippen LogP contribution in [0.15, 0.2) is 36.4 Å². The third kappa shape index (κ3) is 2.95. The number of pyridine rings is 1. The fourth-order valence-corrected chi connectivity index (χ4v) is 1.83. The maximum Gasteiger partial charge on any atom is 0.356 e. The number of aromatic nitrogens is 1. The number of hydrogen-bond acceptors (Lipinski definition) is 5. The molecule has 0 aliphatic heterocycles. The van der Waals surface area contributed by atoms with E-state index in [4.69, 9.17) is 4.74 Å². The van der Waals surface area contributed by atoms with E-state index in [1.165, 1.54) is 7.11 Å². The average Bonchev–Trinajstić information content (AvgIpc) is 2.53. The van der Waals surface area contributed by atoms with Gasteiger partial charge in [0, 0.05) is 0 Å². The number of rotatable bonds is 4. The summed E-state index contributed by atoms with van der Waals surface area (Å²) in [6, 6.07) is 10.8. The smallest absolute Gasteiger partial charge is 0.356 e. The molecule has 0 aliphatic rings. The second-order valence-electron chi connectivity index (χ2n) is 4.11. The summed E-state index contributed by atoms with van der Waals surface area (Å²) in [6.45, 7) is -0.242. The predicted molar refractivity (Wildman–Crippen MR) is 73.5 cm³/mol. The van der Waals surface area contributed by atoms with Crippen LogP contribution in [0.1, 0.15) is 16.2 Å². The van der Waals surface area contributed by atoms with Crippen LogP contribution < -0.4 is 4.74 Å². The summed E-state index contributed by atoms with van der Waals surface area (Å²) in [5, 5.41) is 9.24. The molecule has 0 fully saturated rings. The lowest BCUT2D eigenvalue weighted by atomic mass is 10.0. The number of aliphatic hydroxyl groups excluding tert-OH is 1. The van der Waals surface area contributed by atoms with E-state index in [9.17, 15) is 9.90 Å². The number of aliphatic hydroxyl groups is 1. The van der Waals surface area contributed by atoms with Crippen molar-refractivity contribution in [2.75, 3.05) is 14.2 Å². The Balaban J connectivity index is 2.46. The minimum atomic E-state index is -0.532. The molecule has 20 heavy (non-hydrogen) atoms. The maximum absolute atomic E-state index is 11.6. The molecule has 0 unspecified atom stereocenters. The summed E-state index contributed by atoms with van der Waals surface area (Å²) in [7, 11) is 2.89. The van der Waals surface area contributed by atoms with Gasteiger partial charge in [-0.2, -0.15) is 0 Å². The third-order valence-corrected chi connectivity index (χ3v) is 2.86. The number of carbonyl (C=O) groups excluding carboxylic acids is 1. The van der Waals surface area contributed by atoms with Gasteiger partial charge in [0.1, 0.15) is 11.4 Å². The number of esters is 1. The number of carbonyl (C=O) groups is 1. The van der Waals surface area contributed by atoms with Crippen LogP contribution in [-0.4, -0.2) is 30.3 Å². The van der Waals surface area contributed by atoms with Gasteiger partial charge in [-0.1, -0.05) is 12.1 Å². The maximum atomic E-state index is 11.6. The Hall–Kier alpha value is -2.40. The van der Waals surface area contributed by atoms with Crippen LogP contribution in [0.2, 0.25) is 0 Å². The highest BCUT2D eigenvalue weighted by atomic mass is 16.5. The van der Waals surface area contributed by atoms with Gasteiger partial charge in [0.25, 0.3) is 0 Å². The molecule has 0 amide bonds. The minimum absolute atomic E-state index is 0.171. The molecule has 5 heteroatoms. The van der Waals surface area contributed by atoms with Crippen molar-refractivity contribution in [3.63, 3.8) is 0 Å². The fourth-order valence-electron chi connectivity index (χ4n) is 1.83. The van der Waals surface area contributed by atoms with Gasteiger partial charge in [0.15, 0.2) is 0 Å². The molecule has 2 aromatic rings. The van der Waals surface area contributed by atoms with Crippen LogP contribution in [0.5, 0.6) is 5.75 Å². The summed E-state index contributed by atoms with van der Waals surface area (Å²) in [4.78, 5) is 15.6. The molecule has 5 nitrogen and oxygen atoms in total. The van der Waals surface area contributed by atoms with Crippen LogP contribution >= 0.6 is 0 Å². The summed E-state index contributed by atoms with van der Waals surface area (Å²) in [5.41, 5.74) is 2.27. The van der Waals surface area contributed by atoms with E-state index >= 15 is 0 Å². The first-order chi connectivity index (χ1) is 9.67. The van der Waals surface area contributed by atoms with Crippen molar-refractivity contribution in [2.24, 2.45) is 0 Å². The van der Waals surface area contributed by atoms with Gasteiger partial charge < -0.3 is 14.6 Å². The number of benzene rings is 1. The SMILES string of the molecule is COC(=O)c1cc(-c2ccc(OC)cc2)cc(CO)n1. The minimum Gasteiger partial charge on any atom is -0.497 e.